The van der Waals surface area contributed by atoms with Crippen molar-refractivity contribution in [3.05, 3.63) is 48.5 Å². The third kappa shape index (κ3) is 4.02. The first-order chi connectivity index (χ1) is 12.3. The molecule has 7 nitrogen and oxygen atoms in total. The summed E-state index contributed by atoms with van der Waals surface area (Å²) < 4.78 is 29.8. The van der Waals surface area contributed by atoms with Gasteiger partial charge < -0.3 is 15.4 Å². The van der Waals surface area contributed by atoms with Crippen LogP contribution in [0.25, 0.3) is 0 Å². The van der Waals surface area contributed by atoms with Crippen molar-refractivity contribution in [2.24, 2.45) is 0 Å². The molecule has 0 saturated carbocycles. The summed E-state index contributed by atoms with van der Waals surface area (Å²) in [6, 6.07) is 12.8. The maximum atomic E-state index is 12.2. The minimum Gasteiger partial charge on any atom is -0.479 e. The zero-order valence-corrected chi connectivity index (χ0v) is 14.9. The minimum absolute atomic E-state index is 0.172. The predicted molar refractivity (Wildman–Crippen MR) is 96.9 cm³/mol. The molecule has 1 aliphatic heterocycles. The van der Waals surface area contributed by atoms with Gasteiger partial charge in [-0.15, -0.1) is 0 Å². The second-order valence-corrected chi connectivity index (χ2v) is 8.00. The van der Waals surface area contributed by atoms with Gasteiger partial charge in [0.2, 0.25) is 5.91 Å². The molecular weight excluding hydrogens is 356 g/mol. The molecule has 0 aliphatic carbocycles. The molecule has 0 aromatic heterocycles. The van der Waals surface area contributed by atoms with Gasteiger partial charge in [0.25, 0.3) is 5.91 Å². The van der Waals surface area contributed by atoms with Crippen LogP contribution in [0, 0.1) is 0 Å². The highest BCUT2D eigenvalue weighted by Gasteiger charge is 2.23. The van der Waals surface area contributed by atoms with E-state index < -0.39 is 21.8 Å². The third-order valence-electron chi connectivity index (χ3n) is 3.89. The van der Waals surface area contributed by atoms with Crippen LogP contribution in [0.3, 0.4) is 0 Å². The number of ether oxygens (including phenoxy) is 1. The SMILES string of the molecule is C[C@H]1Oc2ccc(NC(=O)CCS(=O)(=O)c3ccccc3)cc2NC1=O. The quantitative estimate of drug-likeness (QED) is 0.835. The topological polar surface area (TPSA) is 102 Å². The smallest absolute Gasteiger partial charge is 0.265 e. The van der Waals surface area contributed by atoms with E-state index >= 15 is 0 Å². The van der Waals surface area contributed by atoms with Gasteiger partial charge in [-0.3, -0.25) is 9.59 Å². The van der Waals surface area contributed by atoms with Gasteiger partial charge in [-0.1, -0.05) is 18.2 Å². The summed E-state index contributed by atoms with van der Waals surface area (Å²) in [5.41, 5.74) is 0.909. The zero-order chi connectivity index (χ0) is 18.7. The number of benzene rings is 2. The van der Waals surface area contributed by atoms with E-state index in [4.69, 9.17) is 4.74 Å². The maximum Gasteiger partial charge on any atom is 0.265 e. The first-order valence-electron chi connectivity index (χ1n) is 8.04. The monoisotopic (exact) mass is 374 g/mol. The molecule has 1 atom stereocenters. The van der Waals surface area contributed by atoms with Crippen molar-refractivity contribution in [2.75, 3.05) is 16.4 Å². The van der Waals surface area contributed by atoms with Crippen molar-refractivity contribution in [3.8, 4) is 5.75 Å². The number of hydrogen-bond acceptors (Lipinski definition) is 5. The van der Waals surface area contributed by atoms with Gasteiger partial charge in [-0.2, -0.15) is 0 Å². The molecule has 3 rings (SSSR count). The Morgan fingerprint density at radius 2 is 1.92 bits per heavy atom. The first kappa shape index (κ1) is 17.9. The van der Waals surface area contributed by atoms with Gasteiger partial charge in [0.15, 0.2) is 15.9 Å². The molecule has 136 valence electrons. The lowest BCUT2D eigenvalue weighted by molar-refractivity contribution is -0.122. The highest BCUT2D eigenvalue weighted by molar-refractivity contribution is 7.91. The molecule has 0 saturated heterocycles. The molecule has 0 spiro atoms. The van der Waals surface area contributed by atoms with Crippen molar-refractivity contribution in [1.82, 2.24) is 0 Å². The lowest BCUT2D eigenvalue weighted by atomic mass is 10.2. The standard InChI is InChI=1S/C18H18N2O5S/c1-12-18(22)20-15-11-13(7-8-16(15)25-12)19-17(21)9-10-26(23,24)14-5-3-2-4-6-14/h2-8,11-12H,9-10H2,1H3,(H,19,21)(H,20,22)/t12-/m1/s1. The van der Waals surface area contributed by atoms with Crippen LogP contribution in [-0.2, 0) is 19.4 Å². The molecule has 2 aromatic rings. The lowest BCUT2D eigenvalue weighted by Gasteiger charge is -2.23. The average molecular weight is 374 g/mol. The summed E-state index contributed by atoms with van der Waals surface area (Å²) in [6.07, 6.45) is -0.750. The molecule has 1 aliphatic rings. The number of rotatable bonds is 5. The Bertz CT molecular complexity index is 941. The van der Waals surface area contributed by atoms with Crippen LogP contribution in [-0.4, -0.2) is 32.1 Å². The summed E-state index contributed by atoms with van der Waals surface area (Å²) in [7, 11) is -3.51. The Labute approximate surface area is 151 Å². The summed E-state index contributed by atoms with van der Waals surface area (Å²) in [5, 5.41) is 5.32. The molecule has 8 heteroatoms. The number of nitrogens with one attached hydrogen (secondary N) is 2. The predicted octanol–water partition coefficient (Wildman–Crippen LogP) is 2.21. The molecule has 26 heavy (non-hydrogen) atoms. The Morgan fingerprint density at radius 3 is 2.65 bits per heavy atom. The van der Waals surface area contributed by atoms with E-state index in [1.165, 1.54) is 12.1 Å². The molecular formula is C18H18N2O5S. The fourth-order valence-electron chi connectivity index (χ4n) is 2.48. The minimum atomic E-state index is -3.51. The Morgan fingerprint density at radius 1 is 1.19 bits per heavy atom. The van der Waals surface area contributed by atoms with E-state index in [0.717, 1.165) is 0 Å². The highest BCUT2D eigenvalue weighted by atomic mass is 32.2. The van der Waals surface area contributed by atoms with E-state index in [-0.39, 0.29) is 23.0 Å². The number of anilines is 2. The summed E-state index contributed by atoms with van der Waals surface area (Å²) in [5.74, 6) is -0.469. The van der Waals surface area contributed by atoms with Gasteiger partial charge in [-0.25, -0.2) is 8.42 Å². The van der Waals surface area contributed by atoms with Crippen molar-refractivity contribution in [3.63, 3.8) is 0 Å². The van der Waals surface area contributed by atoms with Crippen molar-refractivity contribution < 1.29 is 22.7 Å². The fraction of sp³-hybridized carbons (Fsp3) is 0.222. The van der Waals surface area contributed by atoms with Crippen molar-refractivity contribution in [2.45, 2.75) is 24.3 Å². The Kier molecular flexibility index (Phi) is 4.94. The van der Waals surface area contributed by atoms with E-state index in [1.807, 2.05) is 0 Å². The molecule has 0 bridgehead atoms. The molecule has 1 heterocycles. The second-order valence-electron chi connectivity index (χ2n) is 5.89. The molecule has 0 radical (unpaired) electrons. The van der Waals surface area contributed by atoms with Gasteiger partial charge in [0, 0.05) is 12.1 Å². The third-order valence-corrected chi connectivity index (χ3v) is 5.63. The van der Waals surface area contributed by atoms with Crippen LogP contribution >= 0.6 is 0 Å². The number of sulfone groups is 1. The highest BCUT2D eigenvalue weighted by Crippen LogP contribution is 2.32. The average Bonchev–Trinajstić information content (AvgIpc) is 2.62. The first-order valence-corrected chi connectivity index (χ1v) is 9.69. The summed E-state index contributed by atoms with van der Waals surface area (Å²) in [4.78, 5) is 23.9. The van der Waals surface area contributed by atoms with E-state index in [2.05, 4.69) is 10.6 Å². The van der Waals surface area contributed by atoms with Crippen LogP contribution in [0.2, 0.25) is 0 Å². The number of hydrogen-bond donors (Lipinski definition) is 2. The van der Waals surface area contributed by atoms with Crippen LogP contribution in [0.1, 0.15) is 13.3 Å². The van der Waals surface area contributed by atoms with Crippen molar-refractivity contribution in [1.29, 1.82) is 0 Å². The summed E-state index contributed by atoms with van der Waals surface area (Å²) >= 11 is 0. The van der Waals surface area contributed by atoms with Gasteiger partial charge in [0.05, 0.1) is 16.3 Å². The van der Waals surface area contributed by atoms with Gasteiger partial charge >= 0.3 is 0 Å². The number of fused-ring (bicyclic) bond motifs is 1. The van der Waals surface area contributed by atoms with E-state index in [9.17, 15) is 18.0 Å². The number of carbonyl (C=O) groups is 2. The molecule has 0 unspecified atom stereocenters. The number of amides is 2. The van der Waals surface area contributed by atoms with Crippen LogP contribution < -0.4 is 15.4 Å². The summed E-state index contributed by atoms with van der Waals surface area (Å²) in [6.45, 7) is 1.64. The molecule has 2 amide bonds. The molecule has 2 aromatic carbocycles. The fourth-order valence-corrected chi connectivity index (χ4v) is 3.74. The second kappa shape index (κ2) is 7.17. The maximum absolute atomic E-state index is 12.2. The number of carbonyl (C=O) groups excluding carboxylic acids is 2. The van der Waals surface area contributed by atoms with Gasteiger partial charge in [-0.05, 0) is 37.3 Å². The Balaban J connectivity index is 1.62. The normalized spacial score (nSPS) is 16.2. The molecule has 2 N–H and O–H groups in total. The lowest BCUT2D eigenvalue weighted by Crippen LogP contribution is -2.34. The Hall–Kier alpha value is -2.87. The van der Waals surface area contributed by atoms with Gasteiger partial charge in [0.1, 0.15) is 5.75 Å². The van der Waals surface area contributed by atoms with Crippen LogP contribution in [0.5, 0.6) is 5.75 Å². The largest absolute Gasteiger partial charge is 0.479 e. The van der Waals surface area contributed by atoms with Crippen molar-refractivity contribution >= 4 is 33.0 Å². The molecule has 0 fully saturated rings. The van der Waals surface area contributed by atoms with E-state index in [0.29, 0.717) is 17.1 Å². The van der Waals surface area contributed by atoms with Crippen LogP contribution in [0.4, 0.5) is 11.4 Å². The zero-order valence-electron chi connectivity index (χ0n) is 14.1. The van der Waals surface area contributed by atoms with E-state index in [1.54, 1.807) is 43.3 Å². The van der Waals surface area contributed by atoms with Crippen LogP contribution in [0.15, 0.2) is 53.4 Å².